The number of rotatable bonds is 7. The Morgan fingerprint density at radius 2 is 1.93 bits per heavy atom. The Morgan fingerprint density at radius 1 is 1.11 bits per heavy atom. The molecule has 0 aliphatic rings. The van der Waals surface area contributed by atoms with Gasteiger partial charge in [0.1, 0.15) is 5.75 Å². The van der Waals surface area contributed by atoms with Crippen LogP contribution < -0.4 is 10.1 Å². The van der Waals surface area contributed by atoms with Gasteiger partial charge in [-0.15, -0.1) is 11.3 Å². The van der Waals surface area contributed by atoms with Crippen molar-refractivity contribution in [2.45, 2.75) is 12.3 Å². The highest BCUT2D eigenvalue weighted by Crippen LogP contribution is 2.32. The average Bonchev–Trinajstić information content (AvgIpc) is 3.40. The van der Waals surface area contributed by atoms with Crippen molar-refractivity contribution >= 4 is 28.1 Å². The second kappa shape index (κ2) is 8.31. The van der Waals surface area contributed by atoms with Crippen molar-refractivity contribution in [2.24, 2.45) is 0 Å². The Labute approximate surface area is 168 Å². The molecule has 0 fully saturated rings. The van der Waals surface area contributed by atoms with Crippen LogP contribution >= 0.6 is 11.3 Å². The van der Waals surface area contributed by atoms with Crippen LogP contribution in [0.2, 0.25) is 0 Å². The zero-order chi connectivity index (χ0) is 19.3. The van der Waals surface area contributed by atoms with Crippen molar-refractivity contribution < 1.29 is 9.53 Å². The number of aromatic amines is 1. The van der Waals surface area contributed by atoms with Gasteiger partial charge in [-0.05, 0) is 40.8 Å². The number of methoxy groups -OCH3 is 1. The number of nitrogens with one attached hydrogen (secondary N) is 2. The maximum atomic E-state index is 12.5. The van der Waals surface area contributed by atoms with Crippen molar-refractivity contribution in [1.29, 1.82) is 0 Å². The smallest absolute Gasteiger partial charge is 0.224 e. The van der Waals surface area contributed by atoms with Gasteiger partial charge in [0.25, 0.3) is 0 Å². The Kier molecular flexibility index (Phi) is 5.44. The Balaban J connectivity index is 1.49. The number of aromatic nitrogens is 1. The Bertz CT molecular complexity index is 1050. The summed E-state index contributed by atoms with van der Waals surface area (Å²) in [5, 5.41) is 6.40. The molecule has 4 rings (SSSR count). The standard InChI is InChI=1S/C23H22N2O2S/c1-27-17-10-8-16(9-11-17)13-23(26)25-15-20(22-7-4-12-28-22)19-14-24-21-6-3-2-5-18(19)21/h2-12,14,20,24H,13,15H2,1H3,(H,25,26)/t20-/m1/s1. The summed E-state index contributed by atoms with van der Waals surface area (Å²) < 4.78 is 5.17. The quantitative estimate of drug-likeness (QED) is 0.479. The number of hydrogen-bond donors (Lipinski definition) is 2. The summed E-state index contributed by atoms with van der Waals surface area (Å²) >= 11 is 1.72. The van der Waals surface area contributed by atoms with E-state index in [-0.39, 0.29) is 11.8 Å². The molecule has 0 spiro atoms. The van der Waals surface area contributed by atoms with Crippen molar-refractivity contribution in [1.82, 2.24) is 10.3 Å². The van der Waals surface area contributed by atoms with Gasteiger partial charge in [0, 0.05) is 34.4 Å². The molecule has 142 valence electrons. The molecule has 1 amide bonds. The zero-order valence-electron chi connectivity index (χ0n) is 15.6. The Morgan fingerprint density at radius 3 is 2.68 bits per heavy atom. The molecule has 0 saturated heterocycles. The summed E-state index contributed by atoms with van der Waals surface area (Å²) in [7, 11) is 1.64. The van der Waals surface area contributed by atoms with E-state index in [9.17, 15) is 4.79 Å². The first-order valence-electron chi connectivity index (χ1n) is 9.23. The second-order valence-electron chi connectivity index (χ2n) is 6.69. The van der Waals surface area contributed by atoms with Gasteiger partial charge in [-0.2, -0.15) is 0 Å². The molecule has 0 radical (unpaired) electrons. The molecule has 5 heteroatoms. The van der Waals surface area contributed by atoms with Crippen LogP contribution in [0.15, 0.2) is 72.2 Å². The number of thiophene rings is 1. The third-order valence-electron chi connectivity index (χ3n) is 4.91. The number of benzene rings is 2. The maximum absolute atomic E-state index is 12.5. The highest BCUT2D eigenvalue weighted by Gasteiger charge is 2.20. The van der Waals surface area contributed by atoms with Crippen LogP contribution in [0.4, 0.5) is 0 Å². The van der Waals surface area contributed by atoms with E-state index in [1.165, 1.54) is 15.8 Å². The van der Waals surface area contributed by atoms with E-state index in [0.717, 1.165) is 16.8 Å². The molecule has 2 heterocycles. The van der Waals surface area contributed by atoms with Crippen molar-refractivity contribution in [3.8, 4) is 5.75 Å². The minimum atomic E-state index is 0.0200. The summed E-state index contributed by atoms with van der Waals surface area (Å²) in [6.45, 7) is 0.567. The molecule has 0 unspecified atom stereocenters. The van der Waals surface area contributed by atoms with Gasteiger partial charge in [0.2, 0.25) is 5.91 Å². The van der Waals surface area contributed by atoms with Gasteiger partial charge >= 0.3 is 0 Å². The molecule has 2 aromatic heterocycles. The van der Waals surface area contributed by atoms with Crippen LogP contribution in [0.1, 0.15) is 21.9 Å². The number of carbonyl (C=O) groups is 1. The number of amides is 1. The molecule has 4 nitrogen and oxygen atoms in total. The zero-order valence-corrected chi connectivity index (χ0v) is 16.5. The lowest BCUT2D eigenvalue weighted by Crippen LogP contribution is -2.29. The normalized spacial score (nSPS) is 12.0. The number of fused-ring (bicyclic) bond motifs is 1. The number of carbonyl (C=O) groups excluding carboxylic acids is 1. The van der Waals surface area contributed by atoms with Crippen molar-refractivity contribution in [3.63, 3.8) is 0 Å². The van der Waals surface area contributed by atoms with E-state index in [2.05, 4.69) is 46.1 Å². The first kappa shape index (κ1) is 18.3. The highest BCUT2D eigenvalue weighted by molar-refractivity contribution is 7.10. The van der Waals surface area contributed by atoms with Crippen LogP contribution in [-0.2, 0) is 11.2 Å². The average molecular weight is 391 g/mol. The number of hydrogen-bond acceptors (Lipinski definition) is 3. The first-order valence-corrected chi connectivity index (χ1v) is 10.1. The molecule has 2 aromatic carbocycles. The monoisotopic (exact) mass is 390 g/mol. The molecule has 0 aliphatic carbocycles. The van der Waals surface area contributed by atoms with Gasteiger partial charge in [-0.25, -0.2) is 0 Å². The van der Waals surface area contributed by atoms with E-state index in [1.54, 1.807) is 18.4 Å². The Hall–Kier alpha value is -3.05. The van der Waals surface area contributed by atoms with Crippen LogP contribution in [0.5, 0.6) is 5.75 Å². The van der Waals surface area contributed by atoms with E-state index in [1.807, 2.05) is 36.4 Å². The molecule has 28 heavy (non-hydrogen) atoms. The van der Waals surface area contributed by atoms with E-state index in [0.29, 0.717) is 13.0 Å². The second-order valence-corrected chi connectivity index (χ2v) is 7.67. The van der Waals surface area contributed by atoms with Gasteiger partial charge in [0.05, 0.1) is 13.5 Å². The summed E-state index contributed by atoms with van der Waals surface area (Å²) in [6, 6.07) is 20.1. The van der Waals surface area contributed by atoms with Gasteiger partial charge in [-0.3, -0.25) is 4.79 Å². The highest BCUT2D eigenvalue weighted by atomic mass is 32.1. The molecular formula is C23H22N2O2S. The van der Waals surface area contributed by atoms with Gasteiger partial charge in [0.15, 0.2) is 0 Å². The third-order valence-corrected chi connectivity index (χ3v) is 5.90. The summed E-state index contributed by atoms with van der Waals surface area (Å²) in [5.74, 6) is 0.934. The van der Waals surface area contributed by atoms with Gasteiger partial charge < -0.3 is 15.0 Å². The number of H-pyrrole nitrogens is 1. The molecule has 4 aromatic rings. The van der Waals surface area contributed by atoms with Crippen LogP contribution in [0, 0.1) is 0 Å². The van der Waals surface area contributed by atoms with Crippen LogP contribution in [-0.4, -0.2) is 24.5 Å². The lowest BCUT2D eigenvalue weighted by molar-refractivity contribution is -0.120. The van der Waals surface area contributed by atoms with E-state index in [4.69, 9.17) is 4.74 Å². The fourth-order valence-electron chi connectivity index (χ4n) is 3.44. The number of para-hydroxylation sites is 1. The fraction of sp³-hybridized carbons (Fsp3) is 0.174. The largest absolute Gasteiger partial charge is 0.497 e. The molecule has 1 atom stereocenters. The first-order chi connectivity index (χ1) is 13.7. The summed E-state index contributed by atoms with van der Waals surface area (Å²) in [4.78, 5) is 17.1. The molecule has 0 saturated carbocycles. The van der Waals surface area contributed by atoms with Crippen molar-refractivity contribution in [3.05, 3.63) is 88.2 Å². The predicted octanol–water partition coefficient (Wildman–Crippen LogP) is 4.73. The predicted molar refractivity (Wildman–Crippen MR) is 114 cm³/mol. The summed E-state index contributed by atoms with van der Waals surface area (Å²) in [6.07, 6.45) is 2.42. The van der Waals surface area contributed by atoms with E-state index < -0.39 is 0 Å². The minimum Gasteiger partial charge on any atom is -0.497 e. The maximum Gasteiger partial charge on any atom is 0.224 e. The van der Waals surface area contributed by atoms with E-state index >= 15 is 0 Å². The molecule has 2 N–H and O–H groups in total. The lowest BCUT2D eigenvalue weighted by Gasteiger charge is -2.16. The molecule has 0 aliphatic heterocycles. The third kappa shape index (κ3) is 3.94. The van der Waals surface area contributed by atoms with Crippen LogP contribution in [0.25, 0.3) is 10.9 Å². The minimum absolute atomic E-state index is 0.0200. The number of ether oxygens (including phenoxy) is 1. The fourth-order valence-corrected chi connectivity index (χ4v) is 4.29. The lowest BCUT2D eigenvalue weighted by atomic mass is 9.96. The van der Waals surface area contributed by atoms with Crippen LogP contribution in [0.3, 0.4) is 0 Å². The topological polar surface area (TPSA) is 54.1 Å². The summed E-state index contributed by atoms with van der Waals surface area (Å²) in [5.41, 5.74) is 3.30. The van der Waals surface area contributed by atoms with Gasteiger partial charge in [-0.1, -0.05) is 36.4 Å². The molecule has 0 bridgehead atoms. The molecular weight excluding hydrogens is 368 g/mol. The SMILES string of the molecule is COc1ccc(CC(=O)NC[C@@H](c2cccs2)c2c[nH]c3ccccc23)cc1. The van der Waals surface area contributed by atoms with Crippen molar-refractivity contribution in [2.75, 3.05) is 13.7 Å².